The molecule has 0 radical (unpaired) electrons. The van der Waals surface area contributed by atoms with Gasteiger partial charge in [-0.2, -0.15) is 0 Å². The van der Waals surface area contributed by atoms with Gasteiger partial charge < -0.3 is 10.1 Å². The van der Waals surface area contributed by atoms with Gasteiger partial charge in [-0.1, -0.05) is 0 Å². The molecule has 0 saturated carbocycles. The van der Waals surface area contributed by atoms with Crippen LogP contribution in [0.2, 0.25) is 0 Å². The fourth-order valence-corrected chi connectivity index (χ4v) is 1.15. The Morgan fingerprint density at radius 1 is 1.19 bits per heavy atom. The molecule has 1 aromatic rings. The SMILES string of the molecule is CC(C)OCCNc1cc(F)c(F)c(F)c1. The molecule has 0 saturated heterocycles. The Bertz CT molecular complexity index is 332. The van der Waals surface area contributed by atoms with Gasteiger partial charge in [0.05, 0.1) is 12.7 Å². The molecule has 0 aliphatic carbocycles. The van der Waals surface area contributed by atoms with E-state index in [1.165, 1.54) is 0 Å². The molecule has 16 heavy (non-hydrogen) atoms. The van der Waals surface area contributed by atoms with E-state index < -0.39 is 17.5 Å². The van der Waals surface area contributed by atoms with E-state index in [1.54, 1.807) is 0 Å². The molecular formula is C11H14F3NO. The monoisotopic (exact) mass is 233 g/mol. The number of halogens is 3. The van der Waals surface area contributed by atoms with E-state index in [9.17, 15) is 13.2 Å². The lowest BCUT2D eigenvalue weighted by Crippen LogP contribution is -2.13. The summed E-state index contributed by atoms with van der Waals surface area (Å²) in [6, 6.07) is 1.82. The highest BCUT2D eigenvalue weighted by Gasteiger charge is 2.09. The summed E-state index contributed by atoms with van der Waals surface area (Å²) in [4.78, 5) is 0. The second-order valence-electron chi connectivity index (χ2n) is 3.60. The molecule has 0 spiro atoms. The average molecular weight is 233 g/mol. The molecular weight excluding hydrogens is 219 g/mol. The number of benzene rings is 1. The molecule has 0 aliphatic heterocycles. The molecule has 2 nitrogen and oxygen atoms in total. The third-order valence-corrected chi connectivity index (χ3v) is 1.87. The first kappa shape index (κ1) is 12.8. The molecule has 1 N–H and O–H groups in total. The first-order valence-electron chi connectivity index (χ1n) is 5.00. The lowest BCUT2D eigenvalue weighted by molar-refractivity contribution is 0.0870. The van der Waals surface area contributed by atoms with Gasteiger partial charge in [-0.3, -0.25) is 0 Å². The Morgan fingerprint density at radius 3 is 2.25 bits per heavy atom. The number of rotatable bonds is 5. The zero-order chi connectivity index (χ0) is 12.1. The highest BCUT2D eigenvalue weighted by atomic mass is 19.2. The maximum absolute atomic E-state index is 12.8. The highest BCUT2D eigenvalue weighted by molar-refractivity contribution is 5.44. The van der Waals surface area contributed by atoms with Crippen molar-refractivity contribution in [1.82, 2.24) is 0 Å². The molecule has 1 rings (SSSR count). The molecule has 0 fully saturated rings. The van der Waals surface area contributed by atoms with E-state index in [4.69, 9.17) is 4.74 Å². The summed E-state index contributed by atoms with van der Waals surface area (Å²) in [5.74, 6) is -3.86. The maximum Gasteiger partial charge on any atom is 0.194 e. The number of hydrogen-bond acceptors (Lipinski definition) is 2. The molecule has 0 aromatic heterocycles. The first-order chi connectivity index (χ1) is 7.50. The second-order valence-corrected chi connectivity index (χ2v) is 3.60. The van der Waals surface area contributed by atoms with Crippen molar-refractivity contribution in [1.29, 1.82) is 0 Å². The Hall–Kier alpha value is -1.23. The minimum atomic E-state index is -1.45. The summed E-state index contributed by atoms with van der Waals surface area (Å²) in [6.45, 7) is 4.59. The predicted octanol–water partition coefficient (Wildman–Crippen LogP) is 2.94. The Balaban J connectivity index is 2.49. The van der Waals surface area contributed by atoms with Crippen molar-refractivity contribution < 1.29 is 17.9 Å². The van der Waals surface area contributed by atoms with Gasteiger partial charge in [0, 0.05) is 24.4 Å². The quantitative estimate of drug-likeness (QED) is 0.623. The van der Waals surface area contributed by atoms with Crippen molar-refractivity contribution in [3.05, 3.63) is 29.6 Å². The van der Waals surface area contributed by atoms with Gasteiger partial charge >= 0.3 is 0 Å². The van der Waals surface area contributed by atoms with Crippen LogP contribution in [0, 0.1) is 17.5 Å². The van der Waals surface area contributed by atoms with Gasteiger partial charge in [0.2, 0.25) is 0 Å². The van der Waals surface area contributed by atoms with Crippen molar-refractivity contribution in [2.45, 2.75) is 20.0 Å². The van der Waals surface area contributed by atoms with Crippen LogP contribution >= 0.6 is 0 Å². The highest BCUT2D eigenvalue weighted by Crippen LogP contribution is 2.16. The van der Waals surface area contributed by atoms with Crippen LogP contribution in [-0.4, -0.2) is 19.3 Å². The average Bonchev–Trinajstić information content (AvgIpc) is 2.20. The van der Waals surface area contributed by atoms with Crippen molar-refractivity contribution >= 4 is 5.69 Å². The second kappa shape index (κ2) is 5.75. The Morgan fingerprint density at radius 2 is 1.75 bits per heavy atom. The fraction of sp³-hybridized carbons (Fsp3) is 0.455. The van der Waals surface area contributed by atoms with Gasteiger partial charge in [-0.15, -0.1) is 0 Å². The van der Waals surface area contributed by atoms with Crippen LogP contribution in [0.1, 0.15) is 13.8 Å². The summed E-state index contributed by atoms with van der Waals surface area (Å²) in [7, 11) is 0. The zero-order valence-electron chi connectivity index (χ0n) is 9.19. The molecule has 0 heterocycles. The van der Waals surface area contributed by atoms with Crippen molar-refractivity contribution in [2.75, 3.05) is 18.5 Å². The summed E-state index contributed by atoms with van der Waals surface area (Å²) >= 11 is 0. The molecule has 0 aliphatic rings. The normalized spacial score (nSPS) is 10.9. The fourth-order valence-electron chi connectivity index (χ4n) is 1.15. The van der Waals surface area contributed by atoms with Crippen molar-refractivity contribution in [2.24, 2.45) is 0 Å². The standard InChI is InChI=1S/C11H14F3NO/c1-7(2)16-4-3-15-8-5-9(12)11(14)10(13)6-8/h5-7,15H,3-4H2,1-2H3. The summed E-state index contributed by atoms with van der Waals surface area (Å²) in [5, 5.41) is 2.74. The van der Waals surface area contributed by atoms with Crippen LogP contribution < -0.4 is 5.32 Å². The molecule has 90 valence electrons. The smallest absolute Gasteiger partial charge is 0.194 e. The van der Waals surface area contributed by atoms with Crippen LogP contribution in [0.5, 0.6) is 0 Å². The van der Waals surface area contributed by atoms with Gasteiger partial charge in [-0.25, -0.2) is 13.2 Å². The number of ether oxygens (including phenoxy) is 1. The van der Waals surface area contributed by atoms with Gasteiger partial charge in [0.15, 0.2) is 17.5 Å². The van der Waals surface area contributed by atoms with Crippen LogP contribution in [0.25, 0.3) is 0 Å². The molecule has 0 bridgehead atoms. The third-order valence-electron chi connectivity index (χ3n) is 1.87. The third kappa shape index (κ3) is 3.73. The Labute approximate surface area is 92.4 Å². The number of anilines is 1. The van der Waals surface area contributed by atoms with E-state index in [0.717, 1.165) is 12.1 Å². The Kier molecular flexibility index (Phi) is 4.61. The van der Waals surface area contributed by atoms with Gasteiger partial charge in [0.1, 0.15) is 0 Å². The van der Waals surface area contributed by atoms with Crippen molar-refractivity contribution in [3.8, 4) is 0 Å². The maximum atomic E-state index is 12.8. The number of nitrogens with one attached hydrogen (secondary N) is 1. The zero-order valence-corrected chi connectivity index (χ0v) is 9.19. The lowest BCUT2D eigenvalue weighted by Gasteiger charge is -2.09. The van der Waals surface area contributed by atoms with E-state index in [-0.39, 0.29) is 11.8 Å². The molecule has 0 unspecified atom stereocenters. The minimum Gasteiger partial charge on any atom is -0.383 e. The van der Waals surface area contributed by atoms with Crippen molar-refractivity contribution in [3.63, 3.8) is 0 Å². The molecule has 0 amide bonds. The van der Waals surface area contributed by atoms with E-state index in [2.05, 4.69) is 5.32 Å². The molecule has 1 aromatic carbocycles. The van der Waals surface area contributed by atoms with Crippen LogP contribution in [-0.2, 0) is 4.74 Å². The van der Waals surface area contributed by atoms with Crippen LogP contribution in [0.15, 0.2) is 12.1 Å². The molecule has 5 heteroatoms. The molecule has 0 atom stereocenters. The van der Waals surface area contributed by atoms with E-state index in [1.807, 2.05) is 13.8 Å². The van der Waals surface area contributed by atoms with Crippen LogP contribution in [0.4, 0.5) is 18.9 Å². The van der Waals surface area contributed by atoms with E-state index in [0.29, 0.717) is 13.2 Å². The topological polar surface area (TPSA) is 21.3 Å². The summed E-state index contributed by atoms with van der Waals surface area (Å²) in [5.41, 5.74) is 0.198. The van der Waals surface area contributed by atoms with Gasteiger partial charge in [-0.05, 0) is 13.8 Å². The largest absolute Gasteiger partial charge is 0.383 e. The first-order valence-corrected chi connectivity index (χ1v) is 5.00. The summed E-state index contributed by atoms with van der Waals surface area (Å²) < 4.78 is 43.4. The number of hydrogen-bond donors (Lipinski definition) is 1. The lowest BCUT2D eigenvalue weighted by atomic mass is 10.3. The minimum absolute atomic E-state index is 0.100. The predicted molar refractivity (Wildman–Crippen MR) is 55.9 cm³/mol. The van der Waals surface area contributed by atoms with Crippen LogP contribution in [0.3, 0.4) is 0 Å². The van der Waals surface area contributed by atoms with E-state index >= 15 is 0 Å². The summed E-state index contributed by atoms with van der Waals surface area (Å²) in [6.07, 6.45) is 0.100. The van der Waals surface area contributed by atoms with Gasteiger partial charge in [0.25, 0.3) is 0 Å².